The molecule has 0 unspecified atom stereocenters. The fraction of sp³-hybridized carbons (Fsp3) is 0.357. The monoisotopic (exact) mass is 627 g/mol. The lowest BCUT2D eigenvalue weighted by Gasteiger charge is -2.22. The number of nitriles is 2. The molecule has 16 nitrogen and oxygen atoms in total. The number of aliphatic carboxylic acids is 3. The molecule has 0 spiro atoms. The van der Waals surface area contributed by atoms with E-state index in [2.05, 4.69) is 20.7 Å². The highest BCUT2D eigenvalue weighted by molar-refractivity contribution is 6.00. The summed E-state index contributed by atoms with van der Waals surface area (Å²) in [7, 11) is 0. The Morgan fingerprint density at radius 2 is 1.67 bits per heavy atom. The summed E-state index contributed by atoms with van der Waals surface area (Å²) in [5.41, 5.74) is -1.66. The maximum atomic E-state index is 14.0. The summed E-state index contributed by atoms with van der Waals surface area (Å²) in [6.07, 6.45) is -1.18. The van der Waals surface area contributed by atoms with E-state index >= 15 is 0 Å². The average molecular weight is 628 g/mol. The molecule has 0 aliphatic rings. The normalized spacial score (nSPS) is 12.4. The van der Waals surface area contributed by atoms with E-state index in [1.165, 1.54) is 26.2 Å². The van der Waals surface area contributed by atoms with Gasteiger partial charge < -0.3 is 36.2 Å². The van der Waals surface area contributed by atoms with Crippen LogP contribution in [-0.2, 0) is 14.4 Å². The number of amides is 1. The second-order valence-corrected chi connectivity index (χ2v) is 10.3. The topological polar surface area (TPSA) is 271 Å². The Balaban J connectivity index is 0.000000459. The number of carbonyl (C=O) groups excluding carboxylic acids is 1. The van der Waals surface area contributed by atoms with E-state index in [1.54, 1.807) is 35.7 Å². The van der Waals surface area contributed by atoms with Gasteiger partial charge in [-0.05, 0) is 45.0 Å². The Hall–Kier alpha value is -5.65. The number of halogens is 1. The van der Waals surface area contributed by atoms with Gasteiger partial charge in [0.05, 0.1) is 71.0 Å². The van der Waals surface area contributed by atoms with Crippen LogP contribution in [0.15, 0.2) is 36.7 Å². The Bertz CT molecular complexity index is 1660. The number of carbonyl (C=O) groups is 4. The molecule has 17 heteroatoms. The molecule has 0 radical (unpaired) electrons. The van der Waals surface area contributed by atoms with Crippen LogP contribution >= 0.6 is 0 Å². The van der Waals surface area contributed by atoms with Gasteiger partial charge in [-0.25, -0.2) is 13.7 Å². The van der Waals surface area contributed by atoms with Gasteiger partial charge in [-0.1, -0.05) is 0 Å². The molecule has 0 aromatic carbocycles. The van der Waals surface area contributed by atoms with E-state index < -0.39 is 60.1 Å². The van der Waals surface area contributed by atoms with Crippen LogP contribution in [0.1, 0.15) is 49.5 Å². The molecule has 0 bridgehead atoms. The molecule has 0 fully saturated rings. The third-order valence-corrected chi connectivity index (χ3v) is 6.10. The molecule has 3 aromatic rings. The third-order valence-electron chi connectivity index (χ3n) is 6.10. The summed E-state index contributed by atoms with van der Waals surface area (Å²) in [6, 6.07) is 10.3. The quantitative estimate of drug-likeness (QED) is 0.149. The van der Waals surface area contributed by atoms with E-state index in [0.717, 1.165) is 0 Å². The highest BCUT2D eigenvalue weighted by atomic mass is 19.1. The molecule has 1 amide bonds. The number of alkyl halides is 1. The molecule has 3 heterocycles. The number of anilines is 1. The van der Waals surface area contributed by atoms with Gasteiger partial charge in [0.25, 0.3) is 5.91 Å². The zero-order valence-electron chi connectivity index (χ0n) is 24.2. The Morgan fingerprint density at radius 1 is 1.04 bits per heavy atom. The molecule has 238 valence electrons. The molecular weight excluding hydrogens is 597 g/mol. The zero-order valence-corrected chi connectivity index (χ0v) is 24.2. The first-order chi connectivity index (χ1) is 20.9. The summed E-state index contributed by atoms with van der Waals surface area (Å²) in [4.78, 5) is 47.5. The average Bonchev–Trinajstić information content (AvgIpc) is 3.37. The van der Waals surface area contributed by atoms with E-state index in [9.17, 15) is 33.9 Å². The zero-order chi connectivity index (χ0) is 34.1. The van der Waals surface area contributed by atoms with E-state index in [0.29, 0.717) is 28.2 Å². The number of hydrogen-bond donors (Lipinski definition) is 7. The minimum atomic E-state index is -2.74. The van der Waals surface area contributed by atoms with Crippen molar-refractivity contribution in [3.8, 4) is 23.5 Å². The number of nitrogens with one attached hydrogen (secondary N) is 2. The molecule has 45 heavy (non-hydrogen) atoms. The van der Waals surface area contributed by atoms with Crippen LogP contribution in [0.3, 0.4) is 0 Å². The summed E-state index contributed by atoms with van der Waals surface area (Å²) < 4.78 is 15.6. The van der Waals surface area contributed by atoms with Crippen molar-refractivity contribution >= 4 is 35.0 Å². The first-order valence-corrected chi connectivity index (χ1v) is 13.0. The van der Waals surface area contributed by atoms with E-state index in [4.69, 9.17) is 25.7 Å². The van der Waals surface area contributed by atoms with Gasteiger partial charge in [0.1, 0.15) is 18.3 Å². The number of nitrogens with zero attached hydrogens (tertiary/aromatic N) is 5. The number of aromatic nitrogens is 3. The highest BCUT2D eigenvalue weighted by Crippen LogP contribution is 2.26. The van der Waals surface area contributed by atoms with Gasteiger partial charge >= 0.3 is 17.9 Å². The van der Waals surface area contributed by atoms with E-state index in [1.807, 2.05) is 12.1 Å². The van der Waals surface area contributed by atoms with Crippen LogP contribution in [0.25, 0.3) is 16.9 Å². The fourth-order valence-corrected chi connectivity index (χ4v) is 3.66. The van der Waals surface area contributed by atoms with Gasteiger partial charge in [0.2, 0.25) is 0 Å². The van der Waals surface area contributed by atoms with Crippen molar-refractivity contribution in [2.75, 3.05) is 11.9 Å². The standard InChI is InChI=1S/C22H22FN7O2.C6H8O7/c1-13(8-24)29-17-7-18(19-5-4-15-6-14(9-25)10-28-30(15)19)26-11-16(17)21(31)27-12-20(23)22(2,3)32;7-3(8)1-6(13,5(11)12)2-4(9)10/h4-7,10-11,13,20,32H,12H2,1-3H3,(H,26,29)(H,27,31);13H,1-2H2,(H,7,8)(H,9,10)(H,11,12)/t13-,20-;/m1./s1. The SMILES string of the molecule is C[C@H](C#N)Nc1cc(-c2ccc3cc(C#N)cnn23)ncc1C(=O)NC[C@@H](F)C(C)(C)O.O=C(O)CC(O)(CC(=O)O)C(=O)O. The van der Waals surface area contributed by atoms with Crippen LogP contribution in [0.5, 0.6) is 0 Å². The summed E-state index contributed by atoms with van der Waals surface area (Å²) in [6.45, 7) is 3.88. The Kier molecular flexibility index (Phi) is 11.6. The highest BCUT2D eigenvalue weighted by Gasteiger charge is 2.40. The third kappa shape index (κ3) is 9.68. The molecule has 0 aliphatic heterocycles. The second kappa shape index (κ2) is 14.7. The number of carboxylic acids is 3. The number of rotatable bonds is 12. The number of pyridine rings is 1. The lowest BCUT2D eigenvalue weighted by Crippen LogP contribution is -2.42. The minimum absolute atomic E-state index is 0.124. The van der Waals surface area contributed by atoms with Crippen molar-refractivity contribution in [2.45, 2.75) is 57.0 Å². The van der Waals surface area contributed by atoms with Gasteiger partial charge in [-0.2, -0.15) is 15.6 Å². The van der Waals surface area contributed by atoms with Crippen LogP contribution < -0.4 is 10.6 Å². The summed E-state index contributed by atoms with van der Waals surface area (Å²) >= 11 is 0. The van der Waals surface area contributed by atoms with Gasteiger partial charge in [-0.3, -0.25) is 19.4 Å². The molecule has 0 aliphatic carbocycles. The number of carboxylic acid groups (broad SMARTS) is 3. The molecule has 0 saturated carbocycles. The first kappa shape index (κ1) is 35.5. The van der Waals surface area contributed by atoms with Crippen molar-refractivity contribution in [1.29, 1.82) is 10.5 Å². The maximum Gasteiger partial charge on any atom is 0.336 e. The molecule has 3 rings (SSSR count). The molecule has 7 N–H and O–H groups in total. The minimum Gasteiger partial charge on any atom is -0.481 e. The first-order valence-electron chi connectivity index (χ1n) is 13.0. The number of fused-ring (bicyclic) bond motifs is 1. The molecular formula is C28H30FN7O9. The fourth-order valence-electron chi connectivity index (χ4n) is 3.66. The molecule has 2 atom stereocenters. The Morgan fingerprint density at radius 3 is 2.18 bits per heavy atom. The summed E-state index contributed by atoms with van der Waals surface area (Å²) in [5.74, 6) is -5.62. The van der Waals surface area contributed by atoms with Crippen LogP contribution in [0, 0.1) is 22.7 Å². The van der Waals surface area contributed by atoms with Crippen molar-refractivity contribution in [2.24, 2.45) is 0 Å². The van der Waals surface area contributed by atoms with Gasteiger partial charge in [0.15, 0.2) is 5.60 Å². The van der Waals surface area contributed by atoms with Crippen LogP contribution in [0.4, 0.5) is 10.1 Å². The number of aliphatic hydroxyl groups is 2. The molecule has 0 saturated heterocycles. The van der Waals surface area contributed by atoms with Crippen molar-refractivity contribution in [3.05, 3.63) is 47.8 Å². The predicted octanol–water partition coefficient (Wildman–Crippen LogP) is 1.18. The molecule has 3 aromatic heterocycles. The lowest BCUT2D eigenvalue weighted by atomic mass is 9.96. The predicted molar refractivity (Wildman–Crippen MR) is 152 cm³/mol. The van der Waals surface area contributed by atoms with Crippen molar-refractivity contribution in [3.63, 3.8) is 0 Å². The smallest absolute Gasteiger partial charge is 0.336 e. The second-order valence-electron chi connectivity index (χ2n) is 10.3. The maximum absolute atomic E-state index is 14.0. The van der Waals surface area contributed by atoms with E-state index in [-0.39, 0.29) is 12.1 Å². The van der Waals surface area contributed by atoms with Gasteiger partial charge in [0, 0.05) is 6.20 Å². The summed E-state index contributed by atoms with van der Waals surface area (Å²) in [5, 5.41) is 71.4. The number of hydrogen-bond acceptors (Lipinski definition) is 11. The largest absolute Gasteiger partial charge is 0.481 e. The van der Waals surface area contributed by atoms with Crippen LogP contribution in [0.2, 0.25) is 0 Å². The lowest BCUT2D eigenvalue weighted by molar-refractivity contribution is -0.170. The van der Waals surface area contributed by atoms with Crippen LogP contribution in [-0.4, -0.2) is 93.9 Å². The van der Waals surface area contributed by atoms with Crippen molar-refractivity contribution in [1.82, 2.24) is 19.9 Å². The van der Waals surface area contributed by atoms with Gasteiger partial charge in [-0.15, -0.1) is 0 Å². The Labute approximate surface area is 255 Å². The van der Waals surface area contributed by atoms with Crippen molar-refractivity contribution < 1.29 is 49.1 Å².